The molecule has 0 amide bonds. The van der Waals surface area contributed by atoms with Gasteiger partial charge in [0.15, 0.2) is 0 Å². The molecular weight excluding hydrogens is 154 g/mol. The van der Waals surface area contributed by atoms with Crippen LogP contribution in [0.2, 0.25) is 0 Å². The van der Waals surface area contributed by atoms with Crippen LogP contribution >= 0.6 is 0 Å². The molecule has 0 aromatic carbocycles. The zero-order valence-corrected chi connectivity index (χ0v) is 6.79. The van der Waals surface area contributed by atoms with E-state index in [1.165, 1.54) is 6.07 Å². The van der Waals surface area contributed by atoms with Gasteiger partial charge in [-0.1, -0.05) is 0 Å². The zero-order valence-electron chi connectivity index (χ0n) is 6.79. The van der Waals surface area contributed by atoms with Gasteiger partial charge >= 0.3 is 0 Å². The highest BCUT2D eigenvalue weighted by atomic mass is 16.3. The van der Waals surface area contributed by atoms with Crippen molar-refractivity contribution in [2.45, 2.75) is 25.8 Å². The molecule has 0 saturated carbocycles. The van der Waals surface area contributed by atoms with E-state index in [1.807, 2.05) is 0 Å². The van der Waals surface area contributed by atoms with Gasteiger partial charge in [0, 0.05) is 18.3 Å². The Morgan fingerprint density at radius 3 is 3.00 bits per heavy atom. The van der Waals surface area contributed by atoms with Crippen molar-refractivity contribution in [1.82, 2.24) is 4.57 Å². The van der Waals surface area contributed by atoms with E-state index in [4.69, 9.17) is 5.11 Å². The minimum atomic E-state index is -0.0790. The van der Waals surface area contributed by atoms with E-state index >= 15 is 0 Å². The van der Waals surface area contributed by atoms with Gasteiger partial charge in [-0.05, 0) is 25.3 Å². The number of hydrogen-bond acceptors (Lipinski definition) is 2. The number of nitrogens with zero attached hydrogens (tertiary/aromatic N) is 1. The maximum atomic E-state index is 11.3. The molecule has 0 atom stereocenters. The third kappa shape index (κ3) is 1.11. The van der Waals surface area contributed by atoms with Crippen molar-refractivity contribution in [3.63, 3.8) is 0 Å². The van der Waals surface area contributed by atoms with Gasteiger partial charge < -0.3 is 9.67 Å². The molecule has 0 spiro atoms. The van der Waals surface area contributed by atoms with Crippen LogP contribution < -0.4 is 5.56 Å². The SMILES string of the molecule is O=c1cc(O)cc2n1CCCC2. The fraction of sp³-hybridized carbons (Fsp3) is 0.444. The van der Waals surface area contributed by atoms with Crippen LogP contribution in [0, 0.1) is 0 Å². The fourth-order valence-electron chi connectivity index (χ4n) is 1.67. The second-order valence-corrected chi connectivity index (χ2v) is 3.15. The predicted octanol–water partition coefficient (Wildman–Crippen LogP) is 0.890. The molecule has 0 fully saturated rings. The molecule has 0 bridgehead atoms. The van der Waals surface area contributed by atoms with Crippen LogP contribution in [0.3, 0.4) is 0 Å². The number of aromatic nitrogens is 1. The van der Waals surface area contributed by atoms with E-state index in [9.17, 15) is 4.79 Å². The highest BCUT2D eigenvalue weighted by molar-refractivity contribution is 5.23. The van der Waals surface area contributed by atoms with E-state index < -0.39 is 0 Å². The summed E-state index contributed by atoms with van der Waals surface area (Å²) in [5, 5.41) is 9.16. The van der Waals surface area contributed by atoms with Gasteiger partial charge in [-0.3, -0.25) is 4.79 Å². The Kier molecular flexibility index (Phi) is 1.64. The zero-order chi connectivity index (χ0) is 8.55. The second kappa shape index (κ2) is 2.66. The Bertz CT molecular complexity index is 354. The van der Waals surface area contributed by atoms with Crippen molar-refractivity contribution in [2.75, 3.05) is 0 Å². The molecule has 0 unspecified atom stereocenters. The summed E-state index contributed by atoms with van der Waals surface area (Å²) in [7, 11) is 0. The Balaban J connectivity index is 2.60. The van der Waals surface area contributed by atoms with Gasteiger partial charge in [0.1, 0.15) is 5.75 Å². The molecule has 1 N–H and O–H groups in total. The van der Waals surface area contributed by atoms with E-state index in [-0.39, 0.29) is 11.3 Å². The van der Waals surface area contributed by atoms with Crippen molar-refractivity contribution in [2.24, 2.45) is 0 Å². The van der Waals surface area contributed by atoms with E-state index in [1.54, 1.807) is 10.6 Å². The summed E-state index contributed by atoms with van der Waals surface area (Å²) in [5.41, 5.74) is 0.885. The molecule has 0 saturated heterocycles. The van der Waals surface area contributed by atoms with Crippen LogP contribution in [-0.2, 0) is 13.0 Å². The lowest BCUT2D eigenvalue weighted by molar-refractivity contribution is 0.457. The number of hydrogen-bond donors (Lipinski definition) is 1. The molecule has 3 nitrogen and oxygen atoms in total. The number of aromatic hydroxyl groups is 1. The molecule has 0 aliphatic carbocycles. The van der Waals surface area contributed by atoms with Crippen molar-refractivity contribution < 1.29 is 5.11 Å². The van der Waals surface area contributed by atoms with Gasteiger partial charge in [0.25, 0.3) is 5.56 Å². The first-order valence-corrected chi connectivity index (χ1v) is 4.20. The molecule has 1 aromatic heterocycles. The summed E-state index contributed by atoms with van der Waals surface area (Å²) in [6.07, 6.45) is 3.09. The second-order valence-electron chi connectivity index (χ2n) is 3.15. The van der Waals surface area contributed by atoms with Crippen LogP contribution in [0.25, 0.3) is 0 Å². The van der Waals surface area contributed by atoms with Gasteiger partial charge in [0.05, 0.1) is 0 Å². The standard InChI is InChI=1S/C9H11NO2/c11-8-5-7-3-1-2-4-10(7)9(12)6-8/h5-6,11H,1-4H2. The molecule has 2 rings (SSSR count). The Hall–Kier alpha value is -1.25. The summed E-state index contributed by atoms with van der Waals surface area (Å²) in [4.78, 5) is 11.3. The number of pyridine rings is 1. The molecule has 1 aromatic rings. The summed E-state index contributed by atoms with van der Waals surface area (Å²) < 4.78 is 1.74. The molecule has 1 aliphatic rings. The van der Waals surface area contributed by atoms with Crippen molar-refractivity contribution in [3.8, 4) is 5.75 Å². The average molecular weight is 165 g/mol. The minimum Gasteiger partial charge on any atom is -0.508 e. The van der Waals surface area contributed by atoms with Crippen LogP contribution in [0.5, 0.6) is 5.75 Å². The number of fused-ring (bicyclic) bond motifs is 1. The highest BCUT2D eigenvalue weighted by Gasteiger charge is 2.10. The van der Waals surface area contributed by atoms with Crippen LogP contribution in [0.4, 0.5) is 0 Å². The number of aryl methyl sites for hydroxylation is 1. The van der Waals surface area contributed by atoms with Crippen molar-refractivity contribution in [3.05, 3.63) is 28.2 Å². The summed E-state index contributed by atoms with van der Waals surface area (Å²) in [6, 6.07) is 2.95. The van der Waals surface area contributed by atoms with Gasteiger partial charge in [-0.2, -0.15) is 0 Å². The van der Waals surface area contributed by atoms with E-state index in [2.05, 4.69) is 0 Å². The van der Waals surface area contributed by atoms with Gasteiger partial charge in [-0.15, -0.1) is 0 Å². The minimum absolute atomic E-state index is 0.0790. The molecule has 2 heterocycles. The summed E-state index contributed by atoms with van der Waals surface area (Å²) in [5.74, 6) is 0.0909. The third-order valence-corrected chi connectivity index (χ3v) is 2.26. The quantitative estimate of drug-likeness (QED) is 0.620. The van der Waals surface area contributed by atoms with Crippen LogP contribution in [0.15, 0.2) is 16.9 Å². The first kappa shape index (κ1) is 7.40. The first-order chi connectivity index (χ1) is 5.77. The third-order valence-electron chi connectivity index (χ3n) is 2.26. The van der Waals surface area contributed by atoms with Gasteiger partial charge in [0.2, 0.25) is 0 Å². The lowest BCUT2D eigenvalue weighted by atomic mass is 10.1. The monoisotopic (exact) mass is 165 g/mol. The lowest BCUT2D eigenvalue weighted by Gasteiger charge is -2.17. The topological polar surface area (TPSA) is 42.2 Å². The molecule has 12 heavy (non-hydrogen) atoms. The van der Waals surface area contributed by atoms with Crippen molar-refractivity contribution in [1.29, 1.82) is 0 Å². The largest absolute Gasteiger partial charge is 0.508 e. The smallest absolute Gasteiger partial charge is 0.254 e. The normalized spacial score (nSPS) is 15.7. The molecule has 1 aliphatic heterocycles. The first-order valence-electron chi connectivity index (χ1n) is 4.20. The Labute approximate surface area is 70.3 Å². The van der Waals surface area contributed by atoms with Crippen LogP contribution in [0.1, 0.15) is 18.5 Å². The average Bonchev–Trinajstić information content (AvgIpc) is 2.04. The van der Waals surface area contributed by atoms with Crippen molar-refractivity contribution >= 4 is 0 Å². The Morgan fingerprint density at radius 2 is 2.17 bits per heavy atom. The summed E-state index contributed by atoms with van der Waals surface area (Å²) in [6.45, 7) is 0.800. The maximum Gasteiger partial charge on any atom is 0.254 e. The predicted molar refractivity (Wildman–Crippen MR) is 45.3 cm³/mol. The van der Waals surface area contributed by atoms with E-state index in [0.717, 1.165) is 31.5 Å². The lowest BCUT2D eigenvalue weighted by Crippen LogP contribution is -2.25. The molecular formula is C9H11NO2. The number of rotatable bonds is 0. The summed E-state index contributed by atoms with van der Waals surface area (Å²) >= 11 is 0. The Morgan fingerprint density at radius 1 is 1.33 bits per heavy atom. The molecule has 64 valence electrons. The molecule has 0 radical (unpaired) electrons. The molecule has 3 heteroatoms. The van der Waals surface area contributed by atoms with E-state index in [0.29, 0.717) is 0 Å². The highest BCUT2D eigenvalue weighted by Crippen LogP contribution is 2.15. The van der Waals surface area contributed by atoms with Gasteiger partial charge in [-0.25, -0.2) is 0 Å². The van der Waals surface area contributed by atoms with Crippen LogP contribution in [-0.4, -0.2) is 9.67 Å². The fourth-order valence-corrected chi connectivity index (χ4v) is 1.67. The maximum absolute atomic E-state index is 11.3.